The Morgan fingerprint density at radius 1 is 0.757 bits per heavy atom. The van der Waals surface area contributed by atoms with Crippen LogP contribution in [0.4, 0.5) is 0 Å². The normalized spacial score (nSPS) is 49.2. The molecule has 1 aliphatic carbocycles. The first-order valence-corrected chi connectivity index (χ1v) is 14.0. The van der Waals surface area contributed by atoms with E-state index < -0.39 is 91.7 Å². The first-order valence-electron chi connectivity index (χ1n) is 12.8. The summed E-state index contributed by atoms with van der Waals surface area (Å²) in [6, 6.07) is -3.66. The Kier molecular flexibility index (Phi) is 11.8. The molecule has 0 aromatic heterocycles. The standard InChI is InChI=1S/C22H45N5O9S/c1-2-3-4-37-7-11-14(28)12(26)17(31)22(34-11)36-20-9(25)5-8(24)19(18(20)32)35-21-13(27)16(30)15(29)10(6-23)33-21/h8-22,28-32H,2-7,23-27H2,1H3/t8-,9+,10+,11+,12-,13+,14+,15+,16+,17+,18-,19+,20-,21+,22+/m0/s1. The van der Waals surface area contributed by atoms with E-state index in [2.05, 4.69) is 6.92 Å². The molecule has 0 bridgehead atoms. The van der Waals surface area contributed by atoms with Gasteiger partial charge in [-0.25, -0.2) is 0 Å². The van der Waals surface area contributed by atoms with Gasteiger partial charge in [0.05, 0.1) is 24.3 Å². The molecule has 0 amide bonds. The van der Waals surface area contributed by atoms with Crippen LogP contribution in [0.25, 0.3) is 0 Å². The third-order valence-corrected chi connectivity index (χ3v) is 8.45. The summed E-state index contributed by atoms with van der Waals surface area (Å²) in [4.78, 5) is 0. The average molecular weight is 556 g/mol. The van der Waals surface area contributed by atoms with E-state index >= 15 is 0 Å². The van der Waals surface area contributed by atoms with Crippen LogP contribution in [0, 0.1) is 0 Å². The highest BCUT2D eigenvalue weighted by atomic mass is 32.2. The lowest BCUT2D eigenvalue weighted by Gasteiger charge is -2.48. The van der Waals surface area contributed by atoms with Crippen molar-refractivity contribution in [2.24, 2.45) is 28.7 Å². The summed E-state index contributed by atoms with van der Waals surface area (Å²) < 4.78 is 23.3. The van der Waals surface area contributed by atoms with E-state index in [1.807, 2.05) is 0 Å². The van der Waals surface area contributed by atoms with Gasteiger partial charge in [-0.05, 0) is 18.6 Å². The van der Waals surface area contributed by atoms with Crippen LogP contribution in [0.5, 0.6) is 0 Å². The van der Waals surface area contributed by atoms with Crippen molar-refractivity contribution < 1.29 is 44.5 Å². The summed E-state index contributed by atoms with van der Waals surface area (Å²) in [5.41, 5.74) is 30.1. The Labute approximate surface area is 221 Å². The summed E-state index contributed by atoms with van der Waals surface area (Å²) in [7, 11) is 0. The van der Waals surface area contributed by atoms with Crippen molar-refractivity contribution in [3.8, 4) is 0 Å². The minimum atomic E-state index is -1.40. The Hall–Kier alpha value is -0.210. The van der Waals surface area contributed by atoms with E-state index in [4.69, 9.17) is 47.6 Å². The summed E-state index contributed by atoms with van der Waals surface area (Å²) in [5, 5.41) is 52.7. The van der Waals surface area contributed by atoms with Gasteiger partial charge in [0.1, 0.15) is 42.7 Å². The largest absolute Gasteiger partial charge is 0.389 e. The quantitative estimate of drug-likeness (QED) is 0.113. The van der Waals surface area contributed by atoms with Crippen LogP contribution in [-0.4, -0.2) is 135 Å². The van der Waals surface area contributed by atoms with Crippen molar-refractivity contribution >= 4 is 11.8 Å². The van der Waals surface area contributed by atoms with Gasteiger partial charge in [-0.15, -0.1) is 0 Å². The molecule has 2 saturated heterocycles. The lowest BCUT2D eigenvalue weighted by atomic mass is 9.84. The van der Waals surface area contributed by atoms with Crippen LogP contribution in [0.2, 0.25) is 0 Å². The van der Waals surface area contributed by atoms with Gasteiger partial charge in [0.15, 0.2) is 12.6 Å². The van der Waals surface area contributed by atoms with E-state index in [0.717, 1.165) is 18.6 Å². The van der Waals surface area contributed by atoms with Crippen LogP contribution in [0.3, 0.4) is 0 Å². The van der Waals surface area contributed by atoms with Gasteiger partial charge < -0.3 is 73.1 Å². The Balaban J connectivity index is 1.68. The molecular weight excluding hydrogens is 510 g/mol. The van der Waals surface area contributed by atoms with E-state index in [0.29, 0.717) is 5.75 Å². The minimum Gasteiger partial charge on any atom is -0.389 e. The number of nitrogens with two attached hydrogens (primary N) is 5. The summed E-state index contributed by atoms with van der Waals surface area (Å²) in [5.74, 6) is 1.34. The number of rotatable bonds is 10. The molecule has 3 rings (SSSR count). The van der Waals surface area contributed by atoms with Crippen molar-refractivity contribution in [3.05, 3.63) is 0 Å². The molecule has 37 heavy (non-hydrogen) atoms. The van der Waals surface area contributed by atoms with E-state index in [-0.39, 0.29) is 13.0 Å². The molecule has 15 N–H and O–H groups in total. The second kappa shape index (κ2) is 13.9. The molecule has 0 radical (unpaired) electrons. The van der Waals surface area contributed by atoms with Crippen LogP contribution in [-0.2, 0) is 18.9 Å². The van der Waals surface area contributed by atoms with E-state index in [9.17, 15) is 25.5 Å². The molecule has 14 nitrogen and oxygen atoms in total. The fraction of sp³-hybridized carbons (Fsp3) is 1.00. The van der Waals surface area contributed by atoms with Crippen molar-refractivity contribution in [1.29, 1.82) is 0 Å². The molecule has 218 valence electrons. The maximum Gasteiger partial charge on any atom is 0.186 e. The third kappa shape index (κ3) is 7.11. The lowest BCUT2D eigenvalue weighted by molar-refractivity contribution is -0.314. The molecule has 0 aromatic carbocycles. The molecule has 2 aliphatic heterocycles. The highest BCUT2D eigenvalue weighted by molar-refractivity contribution is 7.99. The van der Waals surface area contributed by atoms with Crippen LogP contribution in [0.1, 0.15) is 26.2 Å². The molecule has 15 heteroatoms. The second-order valence-corrected chi connectivity index (χ2v) is 11.3. The molecule has 3 fully saturated rings. The molecule has 0 spiro atoms. The van der Waals surface area contributed by atoms with Crippen LogP contribution < -0.4 is 28.7 Å². The number of aliphatic hydroxyl groups is 5. The number of hydrogen-bond donors (Lipinski definition) is 10. The van der Waals surface area contributed by atoms with Crippen molar-refractivity contribution in [3.63, 3.8) is 0 Å². The Morgan fingerprint density at radius 3 is 1.95 bits per heavy atom. The lowest BCUT2D eigenvalue weighted by Crippen LogP contribution is -2.69. The Morgan fingerprint density at radius 2 is 1.35 bits per heavy atom. The number of hydrogen-bond acceptors (Lipinski definition) is 15. The first-order chi connectivity index (χ1) is 17.5. The minimum absolute atomic E-state index is 0.0956. The number of ether oxygens (including phenoxy) is 4. The zero-order chi connectivity index (χ0) is 27.4. The zero-order valence-corrected chi connectivity index (χ0v) is 21.9. The fourth-order valence-corrected chi connectivity index (χ4v) is 6.05. The molecule has 2 heterocycles. The maximum atomic E-state index is 11.2. The summed E-state index contributed by atoms with van der Waals surface area (Å²) in [6.45, 7) is 1.99. The molecule has 0 unspecified atom stereocenters. The number of thioether (sulfide) groups is 1. The summed E-state index contributed by atoms with van der Waals surface area (Å²) in [6.07, 6.45) is -10.6. The van der Waals surface area contributed by atoms with Gasteiger partial charge in [-0.2, -0.15) is 11.8 Å². The average Bonchev–Trinajstić information content (AvgIpc) is 2.87. The SMILES string of the molecule is CCCCSC[C@H]1O[C@H](O[C@@H]2[C@@H](O)[C@H](O[C@H]3O[C@H](CN)[C@@H](O)[C@H](O)[C@H]3N)[C@@H](N)C[C@H]2N)[C@H](O)[C@@H](N)[C@@H]1O. The monoisotopic (exact) mass is 555 g/mol. The molecule has 1 saturated carbocycles. The second-order valence-electron chi connectivity index (χ2n) is 10.1. The number of aliphatic hydroxyl groups excluding tert-OH is 5. The smallest absolute Gasteiger partial charge is 0.186 e. The van der Waals surface area contributed by atoms with E-state index in [1.54, 1.807) is 11.8 Å². The van der Waals surface area contributed by atoms with Gasteiger partial charge in [-0.3, -0.25) is 0 Å². The van der Waals surface area contributed by atoms with Crippen molar-refractivity contribution in [2.75, 3.05) is 18.1 Å². The predicted octanol–water partition coefficient (Wildman–Crippen LogP) is -4.78. The summed E-state index contributed by atoms with van der Waals surface area (Å²) >= 11 is 1.60. The molecular formula is C22H45N5O9S. The van der Waals surface area contributed by atoms with Crippen molar-refractivity contribution in [1.82, 2.24) is 0 Å². The molecule has 15 atom stereocenters. The van der Waals surface area contributed by atoms with Gasteiger partial charge in [0.25, 0.3) is 0 Å². The highest BCUT2D eigenvalue weighted by Crippen LogP contribution is 2.31. The maximum absolute atomic E-state index is 11.2. The topological polar surface area (TPSA) is 268 Å². The predicted molar refractivity (Wildman–Crippen MR) is 135 cm³/mol. The van der Waals surface area contributed by atoms with Crippen LogP contribution in [0.15, 0.2) is 0 Å². The third-order valence-electron chi connectivity index (χ3n) is 7.31. The van der Waals surface area contributed by atoms with E-state index in [1.165, 1.54) is 0 Å². The van der Waals surface area contributed by atoms with Gasteiger partial charge in [-0.1, -0.05) is 13.3 Å². The van der Waals surface area contributed by atoms with Crippen molar-refractivity contribution in [2.45, 2.75) is 118 Å². The van der Waals surface area contributed by atoms with Gasteiger partial charge in [0.2, 0.25) is 0 Å². The Bertz CT molecular complexity index is 703. The highest BCUT2D eigenvalue weighted by Gasteiger charge is 2.51. The first kappa shape index (κ1) is 31.3. The van der Waals surface area contributed by atoms with Gasteiger partial charge in [0, 0.05) is 24.4 Å². The zero-order valence-electron chi connectivity index (χ0n) is 21.1. The molecule has 3 aliphatic rings. The van der Waals surface area contributed by atoms with Crippen LogP contribution >= 0.6 is 11.8 Å². The fourth-order valence-electron chi connectivity index (χ4n) is 4.88. The van der Waals surface area contributed by atoms with Gasteiger partial charge >= 0.3 is 0 Å². The molecule has 0 aromatic rings. The number of unbranched alkanes of at least 4 members (excludes halogenated alkanes) is 1.